The lowest BCUT2D eigenvalue weighted by Gasteiger charge is -2.29. The molecule has 0 aliphatic heterocycles. The summed E-state index contributed by atoms with van der Waals surface area (Å²) in [6, 6.07) is 10.3. The highest BCUT2D eigenvalue weighted by Gasteiger charge is 2.31. The first-order valence-electron chi connectivity index (χ1n) is 8.31. The summed E-state index contributed by atoms with van der Waals surface area (Å²) in [5.74, 6) is 0.927. The average Bonchev–Trinajstić information content (AvgIpc) is 3.27. The third-order valence-electron chi connectivity index (χ3n) is 5.00. The molecule has 1 aliphatic carbocycles. The van der Waals surface area contributed by atoms with Crippen LogP contribution in [0, 0.1) is 5.92 Å². The van der Waals surface area contributed by atoms with Gasteiger partial charge in [0.1, 0.15) is 0 Å². The molecule has 1 aromatic carbocycles. The van der Waals surface area contributed by atoms with E-state index in [0.29, 0.717) is 12.1 Å². The van der Waals surface area contributed by atoms with Gasteiger partial charge in [-0.05, 0) is 56.3 Å². The van der Waals surface area contributed by atoms with Gasteiger partial charge in [-0.15, -0.1) is 0 Å². The standard InChI is InChI=1S/C19H32N2/c1-14(15-7-8-15)21(6)13-18(20-5)16-9-11-17(12-10-16)19(2,3)4/h9-12,14-15,18,20H,7-8,13H2,1-6H3. The van der Waals surface area contributed by atoms with Gasteiger partial charge in [-0.3, -0.25) is 0 Å². The Balaban J connectivity index is 2.03. The summed E-state index contributed by atoms with van der Waals surface area (Å²) in [5.41, 5.74) is 3.02. The van der Waals surface area contributed by atoms with Crippen LogP contribution >= 0.6 is 0 Å². The molecule has 0 aromatic heterocycles. The summed E-state index contributed by atoms with van der Waals surface area (Å²) < 4.78 is 0. The minimum Gasteiger partial charge on any atom is -0.312 e. The van der Waals surface area contributed by atoms with E-state index in [1.165, 1.54) is 24.0 Å². The van der Waals surface area contributed by atoms with Crippen molar-refractivity contribution in [2.45, 2.75) is 58.0 Å². The molecule has 1 N–H and O–H groups in total. The van der Waals surface area contributed by atoms with Gasteiger partial charge in [0.15, 0.2) is 0 Å². The molecule has 0 saturated heterocycles. The zero-order valence-corrected chi connectivity index (χ0v) is 14.6. The number of hydrogen-bond donors (Lipinski definition) is 1. The third kappa shape index (κ3) is 4.31. The molecule has 2 rings (SSSR count). The number of rotatable bonds is 6. The first kappa shape index (κ1) is 16.5. The van der Waals surface area contributed by atoms with Gasteiger partial charge in [0.2, 0.25) is 0 Å². The monoisotopic (exact) mass is 288 g/mol. The van der Waals surface area contributed by atoms with Crippen molar-refractivity contribution < 1.29 is 0 Å². The van der Waals surface area contributed by atoms with E-state index in [1.54, 1.807) is 0 Å². The van der Waals surface area contributed by atoms with Crippen molar-refractivity contribution in [3.05, 3.63) is 35.4 Å². The molecule has 0 bridgehead atoms. The summed E-state index contributed by atoms with van der Waals surface area (Å²) >= 11 is 0. The first-order chi connectivity index (χ1) is 9.82. The van der Waals surface area contributed by atoms with E-state index < -0.39 is 0 Å². The molecule has 21 heavy (non-hydrogen) atoms. The van der Waals surface area contributed by atoms with Crippen molar-refractivity contribution in [1.29, 1.82) is 0 Å². The zero-order chi connectivity index (χ0) is 15.6. The fourth-order valence-electron chi connectivity index (χ4n) is 2.97. The maximum absolute atomic E-state index is 3.48. The lowest BCUT2D eigenvalue weighted by atomic mass is 9.86. The van der Waals surface area contributed by atoms with Gasteiger partial charge in [-0.25, -0.2) is 0 Å². The highest BCUT2D eigenvalue weighted by molar-refractivity contribution is 5.29. The molecular weight excluding hydrogens is 256 g/mol. The molecule has 0 amide bonds. The fourth-order valence-corrected chi connectivity index (χ4v) is 2.97. The van der Waals surface area contributed by atoms with E-state index in [-0.39, 0.29) is 5.41 Å². The van der Waals surface area contributed by atoms with Crippen LogP contribution in [0.25, 0.3) is 0 Å². The molecule has 118 valence electrons. The second-order valence-corrected chi connectivity index (χ2v) is 7.73. The molecule has 0 heterocycles. The predicted molar refractivity (Wildman–Crippen MR) is 91.8 cm³/mol. The third-order valence-corrected chi connectivity index (χ3v) is 5.00. The van der Waals surface area contributed by atoms with Gasteiger partial charge in [0.05, 0.1) is 0 Å². The Kier molecular flexibility index (Phi) is 5.11. The number of nitrogens with zero attached hydrogens (tertiary/aromatic N) is 1. The van der Waals surface area contributed by atoms with Crippen molar-refractivity contribution in [2.24, 2.45) is 5.92 Å². The Morgan fingerprint density at radius 1 is 1.19 bits per heavy atom. The smallest absolute Gasteiger partial charge is 0.0446 e. The van der Waals surface area contributed by atoms with E-state index in [0.717, 1.165) is 12.5 Å². The maximum atomic E-state index is 3.48. The van der Waals surface area contributed by atoms with Crippen LogP contribution in [0.3, 0.4) is 0 Å². The molecule has 1 aromatic rings. The maximum Gasteiger partial charge on any atom is 0.0446 e. The SMILES string of the molecule is CNC(CN(C)C(C)C1CC1)c1ccc(C(C)(C)C)cc1. The molecule has 0 spiro atoms. The fraction of sp³-hybridized carbons (Fsp3) is 0.684. The van der Waals surface area contributed by atoms with E-state index in [4.69, 9.17) is 0 Å². The van der Waals surface area contributed by atoms with Gasteiger partial charge in [-0.1, -0.05) is 45.0 Å². The van der Waals surface area contributed by atoms with Crippen LogP contribution in [0.15, 0.2) is 24.3 Å². The summed E-state index contributed by atoms with van der Waals surface area (Å²) in [6.07, 6.45) is 2.83. The Hall–Kier alpha value is -0.860. The minimum absolute atomic E-state index is 0.227. The highest BCUT2D eigenvalue weighted by Crippen LogP contribution is 2.35. The molecule has 2 nitrogen and oxygen atoms in total. The molecule has 2 heteroatoms. The number of likely N-dealkylation sites (N-methyl/N-ethyl adjacent to an activating group) is 2. The second-order valence-electron chi connectivity index (χ2n) is 7.73. The lowest BCUT2D eigenvalue weighted by Crippen LogP contribution is -2.37. The summed E-state index contributed by atoms with van der Waals surface area (Å²) in [6.45, 7) is 10.2. The van der Waals surface area contributed by atoms with E-state index >= 15 is 0 Å². The van der Waals surface area contributed by atoms with Crippen molar-refractivity contribution in [3.63, 3.8) is 0 Å². The summed E-state index contributed by atoms with van der Waals surface area (Å²) in [7, 11) is 4.33. The molecule has 0 radical (unpaired) electrons. The van der Waals surface area contributed by atoms with Crippen molar-refractivity contribution in [2.75, 3.05) is 20.6 Å². The van der Waals surface area contributed by atoms with Crippen molar-refractivity contribution in [1.82, 2.24) is 10.2 Å². The highest BCUT2D eigenvalue weighted by atomic mass is 15.2. The molecule has 2 unspecified atom stereocenters. The van der Waals surface area contributed by atoms with E-state index in [2.05, 4.69) is 76.3 Å². The first-order valence-corrected chi connectivity index (χ1v) is 8.31. The van der Waals surface area contributed by atoms with Gasteiger partial charge in [-0.2, -0.15) is 0 Å². The van der Waals surface area contributed by atoms with Crippen molar-refractivity contribution in [3.8, 4) is 0 Å². The van der Waals surface area contributed by atoms with Crippen LogP contribution in [0.4, 0.5) is 0 Å². The largest absolute Gasteiger partial charge is 0.312 e. The van der Waals surface area contributed by atoms with E-state index in [9.17, 15) is 0 Å². The summed E-state index contributed by atoms with van der Waals surface area (Å²) in [5, 5.41) is 3.48. The number of benzene rings is 1. The number of hydrogen-bond acceptors (Lipinski definition) is 2. The Morgan fingerprint density at radius 2 is 1.76 bits per heavy atom. The zero-order valence-electron chi connectivity index (χ0n) is 14.6. The lowest BCUT2D eigenvalue weighted by molar-refractivity contribution is 0.213. The van der Waals surface area contributed by atoms with Crippen LogP contribution in [-0.2, 0) is 5.41 Å². The molecule has 1 fully saturated rings. The van der Waals surface area contributed by atoms with Crippen LogP contribution in [0.2, 0.25) is 0 Å². The van der Waals surface area contributed by atoms with Crippen LogP contribution in [-0.4, -0.2) is 31.6 Å². The molecule has 1 aliphatic rings. The van der Waals surface area contributed by atoms with Gasteiger partial charge in [0.25, 0.3) is 0 Å². The predicted octanol–water partition coefficient (Wildman–Crippen LogP) is 3.97. The Labute approximate surface area is 130 Å². The van der Waals surface area contributed by atoms with Gasteiger partial charge in [0, 0.05) is 18.6 Å². The minimum atomic E-state index is 0.227. The van der Waals surface area contributed by atoms with Crippen LogP contribution < -0.4 is 5.32 Å². The Morgan fingerprint density at radius 3 is 2.19 bits per heavy atom. The van der Waals surface area contributed by atoms with Crippen LogP contribution in [0.5, 0.6) is 0 Å². The van der Waals surface area contributed by atoms with Crippen molar-refractivity contribution >= 4 is 0 Å². The normalized spacial score (nSPS) is 18.8. The van der Waals surface area contributed by atoms with Gasteiger partial charge < -0.3 is 10.2 Å². The summed E-state index contributed by atoms with van der Waals surface area (Å²) in [4.78, 5) is 2.51. The van der Waals surface area contributed by atoms with E-state index in [1.807, 2.05) is 0 Å². The Bertz CT molecular complexity index is 440. The van der Waals surface area contributed by atoms with Crippen LogP contribution in [0.1, 0.15) is 57.7 Å². The average molecular weight is 288 g/mol. The molecule has 2 atom stereocenters. The topological polar surface area (TPSA) is 15.3 Å². The molecule has 1 saturated carbocycles. The number of nitrogens with one attached hydrogen (secondary N) is 1. The molecular formula is C19H32N2. The van der Waals surface area contributed by atoms with Gasteiger partial charge >= 0.3 is 0 Å². The second kappa shape index (κ2) is 6.50. The quantitative estimate of drug-likeness (QED) is 0.852.